The van der Waals surface area contributed by atoms with Gasteiger partial charge in [-0.3, -0.25) is 9.78 Å². The van der Waals surface area contributed by atoms with Crippen molar-refractivity contribution < 1.29 is 18.0 Å². The molecule has 0 amide bonds. The van der Waals surface area contributed by atoms with Gasteiger partial charge in [0, 0.05) is 39.3 Å². The third kappa shape index (κ3) is 6.49. The minimum atomic E-state index is -4.52. The van der Waals surface area contributed by atoms with E-state index in [1.807, 2.05) is 32.0 Å². The van der Waals surface area contributed by atoms with E-state index in [1.165, 1.54) is 24.3 Å². The molecule has 34 heavy (non-hydrogen) atoms. The van der Waals surface area contributed by atoms with E-state index < -0.39 is 17.5 Å². The van der Waals surface area contributed by atoms with E-state index in [9.17, 15) is 18.0 Å². The second kappa shape index (κ2) is 10.3. The summed E-state index contributed by atoms with van der Waals surface area (Å²) in [6.07, 6.45) is -0.105. The number of hydrogen-bond acceptors (Lipinski definition) is 2. The molecule has 0 saturated carbocycles. The van der Waals surface area contributed by atoms with E-state index in [2.05, 4.69) is 4.98 Å². The molecule has 0 fully saturated rings. The van der Waals surface area contributed by atoms with Crippen LogP contribution in [0.15, 0.2) is 66.9 Å². The van der Waals surface area contributed by atoms with Gasteiger partial charge in [0.15, 0.2) is 5.78 Å². The fourth-order valence-electron chi connectivity index (χ4n) is 3.82. The molecule has 3 aromatic rings. The standard InChI is InChI=1S/C27H24Cl2F3NO/c1-17-12-18(8-10-23(27(30,31)32)19-13-20(28)15-21(29)14-19)7-9-22(17)24(34)16-26(2,3)25-6-4-5-11-33-25/h4-15,23H,16H2,1-3H3/b10-8+. The number of alkyl halides is 3. The van der Waals surface area contributed by atoms with Gasteiger partial charge in [0.2, 0.25) is 0 Å². The summed E-state index contributed by atoms with van der Waals surface area (Å²) in [7, 11) is 0. The Hall–Kier alpha value is -2.63. The van der Waals surface area contributed by atoms with Crippen LogP contribution in [0.2, 0.25) is 10.0 Å². The van der Waals surface area contributed by atoms with E-state index >= 15 is 0 Å². The van der Waals surface area contributed by atoms with Crippen LogP contribution < -0.4 is 0 Å². The first-order chi connectivity index (χ1) is 15.9. The minimum Gasteiger partial charge on any atom is -0.294 e. The number of halogens is 5. The predicted molar refractivity (Wildman–Crippen MR) is 132 cm³/mol. The zero-order valence-corrected chi connectivity index (χ0v) is 20.5. The summed E-state index contributed by atoms with van der Waals surface area (Å²) in [5.74, 6) is -1.92. The topological polar surface area (TPSA) is 30.0 Å². The molecule has 3 rings (SSSR count). The van der Waals surface area contributed by atoms with Gasteiger partial charge in [-0.25, -0.2) is 0 Å². The molecule has 2 nitrogen and oxygen atoms in total. The lowest BCUT2D eigenvalue weighted by molar-refractivity contribution is -0.139. The number of allylic oxidation sites excluding steroid dienone is 1. The Morgan fingerprint density at radius 3 is 2.26 bits per heavy atom. The molecule has 7 heteroatoms. The first kappa shape index (κ1) is 26.0. The third-order valence-electron chi connectivity index (χ3n) is 5.59. The normalized spacial score (nSPS) is 13.3. The minimum absolute atomic E-state index is 0.0403. The van der Waals surface area contributed by atoms with Crippen LogP contribution in [0.3, 0.4) is 0 Å². The highest BCUT2D eigenvalue weighted by atomic mass is 35.5. The molecular weight excluding hydrogens is 482 g/mol. The average Bonchev–Trinajstić information content (AvgIpc) is 2.72. The third-order valence-corrected chi connectivity index (χ3v) is 6.03. The molecule has 1 atom stereocenters. The van der Waals surface area contributed by atoms with Crippen LogP contribution in [-0.2, 0) is 5.41 Å². The Balaban J connectivity index is 1.83. The second-order valence-corrected chi connectivity index (χ2v) is 9.73. The number of benzene rings is 2. The van der Waals surface area contributed by atoms with Crippen molar-refractivity contribution in [2.45, 2.75) is 44.7 Å². The van der Waals surface area contributed by atoms with Crippen LogP contribution in [0, 0.1) is 6.92 Å². The van der Waals surface area contributed by atoms with E-state index in [4.69, 9.17) is 23.2 Å². The van der Waals surface area contributed by atoms with Gasteiger partial charge in [-0.1, -0.05) is 73.5 Å². The summed E-state index contributed by atoms with van der Waals surface area (Å²) in [6, 6.07) is 14.5. The molecule has 0 saturated heterocycles. The number of aromatic nitrogens is 1. The maximum atomic E-state index is 13.7. The SMILES string of the molecule is Cc1cc(/C=C/C(c2cc(Cl)cc(Cl)c2)C(F)(F)F)ccc1C(=O)CC(C)(C)c1ccccn1. The van der Waals surface area contributed by atoms with Crippen molar-refractivity contribution in [1.82, 2.24) is 4.98 Å². The zero-order valence-electron chi connectivity index (χ0n) is 19.0. The molecule has 0 aliphatic carbocycles. The van der Waals surface area contributed by atoms with E-state index in [-0.39, 0.29) is 27.8 Å². The summed E-state index contributed by atoms with van der Waals surface area (Å²) < 4.78 is 41.2. The van der Waals surface area contributed by atoms with Gasteiger partial charge < -0.3 is 0 Å². The molecule has 0 aliphatic heterocycles. The van der Waals surface area contributed by atoms with Gasteiger partial charge in [-0.2, -0.15) is 13.2 Å². The molecule has 1 aromatic heterocycles. The Morgan fingerprint density at radius 2 is 1.71 bits per heavy atom. The average molecular weight is 506 g/mol. The second-order valence-electron chi connectivity index (χ2n) is 8.85. The quantitative estimate of drug-likeness (QED) is 0.300. The molecule has 1 unspecified atom stereocenters. The van der Waals surface area contributed by atoms with Crippen LogP contribution in [0.4, 0.5) is 13.2 Å². The number of hydrogen-bond donors (Lipinski definition) is 0. The van der Waals surface area contributed by atoms with Gasteiger partial charge in [0.25, 0.3) is 0 Å². The fourth-order valence-corrected chi connectivity index (χ4v) is 4.37. The number of carbonyl (C=O) groups is 1. The predicted octanol–water partition coefficient (Wildman–Crippen LogP) is 8.61. The number of aryl methyl sites for hydroxylation is 1. The number of Topliss-reactive ketones (excluding diaryl/α,β-unsaturated/α-hetero) is 1. The van der Waals surface area contributed by atoms with Gasteiger partial charge in [-0.15, -0.1) is 0 Å². The lowest BCUT2D eigenvalue weighted by atomic mass is 9.81. The molecule has 2 aromatic carbocycles. The summed E-state index contributed by atoms with van der Waals surface area (Å²) in [6.45, 7) is 5.69. The molecule has 0 N–H and O–H groups in total. The van der Waals surface area contributed by atoms with Gasteiger partial charge in [0.05, 0.1) is 5.92 Å². The molecule has 0 spiro atoms. The number of carbonyl (C=O) groups excluding carboxylic acids is 1. The van der Waals surface area contributed by atoms with Crippen LogP contribution in [0.5, 0.6) is 0 Å². The smallest absolute Gasteiger partial charge is 0.294 e. The molecule has 0 bridgehead atoms. The Bertz CT molecular complexity index is 1180. The summed E-state index contributed by atoms with van der Waals surface area (Å²) in [4.78, 5) is 17.4. The highest BCUT2D eigenvalue weighted by Gasteiger charge is 2.39. The van der Waals surface area contributed by atoms with Gasteiger partial charge in [0.1, 0.15) is 0 Å². The Morgan fingerprint density at radius 1 is 1.03 bits per heavy atom. The van der Waals surface area contributed by atoms with Crippen LogP contribution in [0.25, 0.3) is 6.08 Å². The zero-order chi connectivity index (χ0) is 25.1. The number of nitrogens with zero attached hydrogens (tertiary/aromatic N) is 1. The van der Waals surface area contributed by atoms with Crippen molar-refractivity contribution in [3.8, 4) is 0 Å². The number of rotatable bonds is 7. The fraction of sp³-hybridized carbons (Fsp3) is 0.259. The molecule has 1 heterocycles. The molecule has 0 aliphatic rings. The summed E-state index contributed by atoms with van der Waals surface area (Å²) in [5, 5.41) is 0.273. The van der Waals surface area contributed by atoms with Crippen molar-refractivity contribution in [1.29, 1.82) is 0 Å². The monoisotopic (exact) mass is 505 g/mol. The number of ketones is 1. The Labute approximate surface area is 207 Å². The van der Waals surface area contributed by atoms with Crippen molar-refractivity contribution >= 4 is 35.1 Å². The molecule has 0 radical (unpaired) electrons. The Kier molecular flexibility index (Phi) is 7.89. The van der Waals surface area contributed by atoms with Crippen LogP contribution >= 0.6 is 23.2 Å². The van der Waals surface area contributed by atoms with E-state index in [0.717, 1.165) is 11.8 Å². The van der Waals surface area contributed by atoms with E-state index in [1.54, 1.807) is 31.3 Å². The maximum absolute atomic E-state index is 13.7. The highest BCUT2D eigenvalue weighted by Crippen LogP contribution is 2.38. The highest BCUT2D eigenvalue weighted by molar-refractivity contribution is 6.34. The van der Waals surface area contributed by atoms with Crippen molar-refractivity contribution in [2.24, 2.45) is 0 Å². The van der Waals surface area contributed by atoms with E-state index in [0.29, 0.717) is 16.7 Å². The first-order valence-electron chi connectivity index (χ1n) is 10.6. The summed E-state index contributed by atoms with van der Waals surface area (Å²) in [5.41, 5.74) is 2.11. The van der Waals surface area contributed by atoms with Crippen LogP contribution in [-0.4, -0.2) is 16.9 Å². The molecular formula is C27H24Cl2F3NO. The van der Waals surface area contributed by atoms with Crippen molar-refractivity contribution in [3.05, 3.63) is 105 Å². The summed E-state index contributed by atoms with van der Waals surface area (Å²) >= 11 is 11.8. The lowest BCUT2D eigenvalue weighted by Crippen LogP contribution is -2.23. The maximum Gasteiger partial charge on any atom is 0.399 e. The largest absolute Gasteiger partial charge is 0.399 e. The number of pyridine rings is 1. The van der Waals surface area contributed by atoms with Crippen LogP contribution in [0.1, 0.15) is 58.9 Å². The lowest BCUT2D eigenvalue weighted by Gasteiger charge is -2.23. The molecule has 178 valence electrons. The van der Waals surface area contributed by atoms with Crippen molar-refractivity contribution in [2.75, 3.05) is 0 Å². The van der Waals surface area contributed by atoms with Crippen molar-refractivity contribution in [3.63, 3.8) is 0 Å². The van der Waals surface area contributed by atoms with Gasteiger partial charge in [-0.05, 0) is 53.9 Å². The first-order valence-corrected chi connectivity index (χ1v) is 11.4. The van der Waals surface area contributed by atoms with Gasteiger partial charge >= 0.3 is 6.18 Å².